The predicted molar refractivity (Wildman–Crippen MR) is 117 cm³/mol. The Hall–Kier alpha value is -2.61. The largest absolute Gasteiger partial charge is 0.410 e. The predicted octanol–water partition coefficient (Wildman–Crippen LogP) is 6.14. The van der Waals surface area contributed by atoms with Crippen LogP contribution < -0.4 is 0 Å². The Labute approximate surface area is 180 Å². The smallest absolute Gasteiger partial charge is 0.277 e. The van der Waals surface area contributed by atoms with Crippen LogP contribution in [-0.4, -0.2) is 19.7 Å². The molecular formula is C21H15ClN4OS2. The summed E-state index contributed by atoms with van der Waals surface area (Å²) >= 11 is 9.24. The zero-order valence-electron chi connectivity index (χ0n) is 15.2. The minimum atomic E-state index is 0.532. The Morgan fingerprint density at radius 2 is 1.93 bits per heavy atom. The molecule has 0 bridgehead atoms. The standard InChI is InChI=1S/C21H15ClN4OS2/c22-15-8-9-17-16(11-15)23-19(26(17)12-14-5-2-1-3-6-14)13-29-21-25-24-20(27-21)18-7-4-10-28-18/h1-11H,12-13H2. The summed E-state index contributed by atoms with van der Waals surface area (Å²) in [7, 11) is 0. The molecule has 0 spiro atoms. The van der Waals surface area contributed by atoms with Crippen molar-refractivity contribution in [2.24, 2.45) is 0 Å². The van der Waals surface area contributed by atoms with Gasteiger partial charge in [-0.1, -0.05) is 59.8 Å². The van der Waals surface area contributed by atoms with Gasteiger partial charge in [0.05, 0.1) is 21.7 Å². The lowest BCUT2D eigenvalue weighted by Crippen LogP contribution is -2.04. The van der Waals surface area contributed by atoms with Crippen LogP contribution in [0.1, 0.15) is 11.4 Å². The molecule has 0 saturated carbocycles. The fraction of sp³-hybridized carbons (Fsp3) is 0.0952. The number of rotatable bonds is 6. The third kappa shape index (κ3) is 3.94. The number of benzene rings is 2. The van der Waals surface area contributed by atoms with E-state index in [9.17, 15) is 0 Å². The summed E-state index contributed by atoms with van der Waals surface area (Å²) in [5.41, 5.74) is 3.15. The van der Waals surface area contributed by atoms with Crippen molar-refractivity contribution >= 4 is 45.7 Å². The first kappa shape index (κ1) is 18.4. The molecule has 0 unspecified atom stereocenters. The molecule has 8 heteroatoms. The van der Waals surface area contributed by atoms with Gasteiger partial charge in [0, 0.05) is 11.6 Å². The van der Waals surface area contributed by atoms with Crippen molar-refractivity contribution in [3.05, 3.63) is 82.5 Å². The summed E-state index contributed by atoms with van der Waals surface area (Å²) in [6, 6.07) is 20.1. The maximum Gasteiger partial charge on any atom is 0.277 e. The van der Waals surface area contributed by atoms with E-state index in [-0.39, 0.29) is 0 Å². The van der Waals surface area contributed by atoms with E-state index in [4.69, 9.17) is 21.0 Å². The number of fused-ring (bicyclic) bond motifs is 1. The Morgan fingerprint density at radius 3 is 2.76 bits per heavy atom. The van der Waals surface area contributed by atoms with E-state index in [2.05, 4.69) is 26.9 Å². The first-order valence-electron chi connectivity index (χ1n) is 8.95. The molecule has 0 fully saturated rings. The Bertz CT molecular complexity index is 1250. The minimum Gasteiger partial charge on any atom is -0.410 e. The van der Waals surface area contributed by atoms with Crippen molar-refractivity contribution in [3.63, 3.8) is 0 Å². The fourth-order valence-corrected chi connectivity index (χ4v) is 4.62. The van der Waals surface area contributed by atoms with Crippen molar-refractivity contribution in [2.75, 3.05) is 0 Å². The van der Waals surface area contributed by atoms with Crippen LogP contribution in [0.15, 0.2) is 75.7 Å². The SMILES string of the molecule is Clc1ccc2c(c1)nc(CSc1nnc(-c3cccs3)o1)n2Cc1ccccc1. The molecule has 5 rings (SSSR count). The van der Waals surface area contributed by atoms with Gasteiger partial charge in [0.25, 0.3) is 11.1 Å². The van der Waals surface area contributed by atoms with Gasteiger partial charge in [-0.3, -0.25) is 0 Å². The number of hydrogen-bond donors (Lipinski definition) is 0. The van der Waals surface area contributed by atoms with Crippen LogP contribution in [0, 0.1) is 0 Å². The molecular weight excluding hydrogens is 424 g/mol. The van der Waals surface area contributed by atoms with Crippen molar-refractivity contribution in [2.45, 2.75) is 17.5 Å². The topological polar surface area (TPSA) is 56.7 Å². The van der Waals surface area contributed by atoms with Crippen LogP contribution in [0.5, 0.6) is 0 Å². The quantitative estimate of drug-likeness (QED) is 0.298. The van der Waals surface area contributed by atoms with E-state index in [1.165, 1.54) is 17.3 Å². The number of aromatic nitrogens is 4. The molecule has 0 atom stereocenters. The summed E-state index contributed by atoms with van der Waals surface area (Å²) < 4.78 is 8.01. The lowest BCUT2D eigenvalue weighted by Gasteiger charge is -2.09. The summed E-state index contributed by atoms with van der Waals surface area (Å²) in [5, 5.41) is 11.5. The number of imidazole rings is 1. The van der Waals surface area contributed by atoms with Crippen molar-refractivity contribution in [1.82, 2.24) is 19.7 Å². The van der Waals surface area contributed by atoms with Gasteiger partial charge in [-0.15, -0.1) is 21.5 Å². The summed E-state index contributed by atoms with van der Waals surface area (Å²) in [6.07, 6.45) is 0. The van der Waals surface area contributed by atoms with Gasteiger partial charge in [-0.05, 0) is 35.2 Å². The van der Waals surface area contributed by atoms with Crippen LogP contribution in [0.25, 0.3) is 21.8 Å². The van der Waals surface area contributed by atoms with Crippen molar-refractivity contribution < 1.29 is 4.42 Å². The van der Waals surface area contributed by atoms with Gasteiger partial charge >= 0.3 is 0 Å². The van der Waals surface area contributed by atoms with Crippen LogP contribution in [0.4, 0.5) is 0 Å². The van der Waals surface area contributed by atoms with Gasteiger partial charge in [-0.25, -0.2) is 4.98 Å². The highest BCUT2D eigenvalue weighted by molar-refractivity contribution is 7.98. The summed E-state index contributed by atoms with van der Waals surface area (Å²) in [4.78, 5) is 5.78. The Kier molecular flexibility index (Phi) is 5.10. The zero-order valence-corrected chi connectivity index (χ0v) is 17.5. The monoisotopic (exact) mass is 438 g/mol. The summed E-state index contributed by atoms with van der Waals surface area (Å²) in [5.74, 6) is 2.10. The van der Waals surface area contributed by atoms with Gasteiger partial charge in [-0.2, -0.15) is 0 Å². The second-order valence-corrected chi connectivity index (χ2v) is 8.68. The van der Waals surface area contributed by atoms with E-state index < -0.39 is 0 Å². The lowest BCUT2D eigenvalue weighted by atomic mass is 10.2. The van der Waals surface area contributed by atoms with Gasteiger partial charge in [0.1, 0.15) is 5.82 Å². The van der Waals surface area contributed by atoms with Gasteiger partial charge in [0.2, 0.25) is 0 Å². The highest BCUT2D eigenvalue weighted by Crippen LogP contribution is 2.29. The first-order valence-corrected chi connectivity index (χ1v) is 11.2. The Balaban J connectivity index is 1.43. The van der Waals surface area contributed by atoms with E-state index in [1.807, 2.05) is 53.9 Å². The number of thioether (sulfide) groups is 1. The van der Waals surface area contributed by atoms with Crippen LogP contribution in [0.2, 0.25) is 5.02 Å². The van der Waals surface area contributed by atoms with E-state index in [0.717, 1.165) is 28.3 Å². The number of halogens is 1. The second-order valence-electron chi connectivity index (χ2n) is 6.37. The Morgan fingerprint density at radius 1 is 1.03 bits per heavy atom. The molecule has 144 valence electrons. The normalized spacial score (nSPS) is 11.3. The van der Waals surface area contributed by atoms with Crippen molar-refractivity contribution in [3.8, 4) is 10.8 Å². The van der Waals surface area contributed by atoms with E-state index in [0.29, 0.717) is 21.9 Å². The third-order valence-corrected chi connectivity index (χ3v) is 6.34. The summed E-state index contributed by atoms with van der Waals surface area (Å²) in [6.45, 7) is 0.735. The molecule has 2 aromatic carbocycles. The van der Waals surface area contributed by atoms with Crippen LogP contribution in [-0.2, 0) is 12.3 Å². The molecule has 0 radical (unpaired) electrons. The molecule has 0 N–H and O–H groups in total. The molecule has 0 amide bonds. The highest BCUT2D eigenvalue weighted by atomic mass is 35.5. The van der Waals surface area contributed by atoms with Crippen LogP contribution in [0.3, 0.4) is 0 Å². The molecule has 5 aromatic rings. The molecule has 3 aromatic heterocycles. The maximum absolute atomic E-state index is 6.18. The molecule has 0 saturated heterocycles. The zero-order chi connectivity index (χ0) is 19.6. The van der Waals surface area contributed by atoms with Gasteiger partial charge < -0.3 is 8.98 Å². The number of thiophene rings is 1. The average Bonchev–Trinajstić information content (AvgIpc) is 3.47. The molecule has 0 aliphatic carbocycles. The van der Waals surface area contributed by atoms with E-state index >= 15 is 0 Å². The molecule has 29 heavy (non-hydrogen) atoms. The number of hydrogen-bond acceptors (Lipinski definition) is 6. The number of nitrogens with zero attached hydrogens (tertiary/aromatic N) is 4. The molecule has 0 aliphatic rings. The average molecular weight is 439 g/mol. The highest BCUT2D eigenvalue weighted by Gasteiger charge is 2.15. The van der Waals surface area contributed by atoms with Gasteiger partial charge in [0.15, 0.2) is 0 Å². The lowest BCUT2D eigenvalue weighted by molar-refractivity contribution is 0.466. The van der Waals surface area contributed by atoms with Crippen LogP contribution >= 0.6 is 34.7 Å². The maximum atomic E-state index is 6.18. The minimum absolute atomic E-state index is 0.532. The third-order valence-electron chi connectivity index (χ3n) is 4.44. The molecule has 0 aliphatic heterocycles. The van der Waals surface area contributed by atoms with Crippen molar-refractivity contribution in [1.29, 1.82) is 0 Å². The molecule has 5 nitrogen and oxygen atoms in total. The fourth-order valence-electron chi connectivity index (χ4n) is 3.10. The first-order chi connectivity index (χ1) is 14.3. The van der Waals surface area contributed by atoms with E-state index in [1.54, 1.807) is 11.3 Å². The molecule has 3 heterocycles. The second kappa shape index (κ2) is 8.02.